The van der Waals surface area contributed by atoms with Crippen molar-refractivity contribution in [1.82, 2.24) is 0 Å². The summed E-state index contributed by atoms with van der Waals surface area (Å²) in [4.78, 5) is 12.3. The molecule has 1 aromatic carbocycles. The van der Waals surface area contributed by atoms with E-state index in [1.165, 1.54) is 12.8 Å². The van der Waals surface area contributed by atoms with Crippen LogP contribution < -0.4 is 5.32 Å². The van der Waals surface area contributed by atoms with Gasteiger partial charge in [0.25, 0.3) is 0 Å². The molecule has 116 valence electrons. The van der Waals surface area contributed by atoms with E-state index in [4.69, 9.17) is 4.74 Å². The number of carboxylic acid groups (broad SMARTS) is 1. The van der Waals surface area contributed by atoms with Gasteiger partial charge in [-0.05, 0) is 43.1 Å². The molecule has 0 saturated heterocycles. The second-order valence-electron chi connectivity index (χ2n) is 5.22. The number of hydrogen-bond donors (Lipinski definition) is 2. The lowest BCUT2D eigenvalue weighted by atomic mass is 10.1. The highest BCUT2D eigenvalue weighted by atomic mass is 32.2. The third-order valence-electron chi connectivity index (χ3n) is 3.37. The van der Waals surface area contributed by atoms with Gasteiger partial charge in [-0.15, -0.1) is 11.8 Å². The summed E-state index contributed by atoms with van der Waals surface area (Å²) in [5, 5.41) is 12.6. The molecule has 2 rings (SSSR count). The highest BCUT2D eigenvalue weighted by Crippen LogP contribution is 2.29. The molecule has 1 fully saturated rings. The molecule has 2 N–H and O–H groups in total. The van der Waals surface area contributed by atoms with Gasteiger partial charge >= 0.3 is 5.97 Å². The first-order chi connectivity index (χ1) is 10.2. The molecule has 0 radical (unpaired) electrons. The summed E-state index contributed by atoms with van der Waals surface area (Å²) in [5.74, 6) is 0.775. The molecule has 0 spiro atoms. The zero-order chi connectivity index (χ0) is 15.1. The van der Waals surface area contributed by atoms with Gasteiger partial charge in [-0.2, -0.15) is 0 Å². The predicted octanol–water partition coefficient (Wildman–Crippen LogP) is 3.73. The Morgan fingerprint density at radius 2 is 2.29 bits per heavy atom. The monoisotopic (exact) mass is 309 g/mol. The molecule has 1 saturated carbocycles. The average Bonchev–Trinajstić information content (AvgIpc) is 3.27. The minimum Gasteiger partial charge on any atom is -0.478 e. The molecule has 0 amide bonds. The van der Waals surface area contributed by atoms with Crippen molar-refractivity contribution < 1.29 is 14.6 Å². The van der Waals surface area contributed by atoms with Crippen LogP contribution >= 0.6 is 11.8 Å². The minimum absolute atomic E-state index is 0.378. The van der Waals surface area contributed by atoms with Gasteiger partial charge in [-0.3, -0.25) is 0 Å². The normalized spacial score (nSPS) is 14.1. The Labute approximate surface area is 130 Å². The summed E-state index contributed by atoms with van der Waals surface area (Å²) in [6, 6.07) is 5.59. The van der Waals surface area contributed by atoms with E-state index in [2.05, 4.69) is 5.32 Å². The smallest absolute Gasteiger partial charge is 0.338 e. The second-order valence-corrected chi connectivity index (χ2v) is 6.52. The lowest BCUT2D eigenvalue weighted by Gasteiger charge is -2.13. The number of carbonyl (C=O) groups is 1. The van der Waals surface area contributed by atoms with Crippen LogP contribution in [0.5, 0.6) is 0 Å². The van der Waals surface area contributed by atoms with Crippen LogP contribution in [0.4, 0.5) is 5.69 Å². The number of nitrogens with one attached hydrogen (secondary N) is 1. The van der Waals surface area contributed by atoms with E-state index in [0.29, 0.717) is 11.3 Å². The predicted molar refractivity (Wildman–Crippen MR) is 86.4 cm³/mol. The first-order valence-electron chi connectivity index (χ1n) is 7.53. The first kappa shape index (κ1) is 16.2. The number of benzene rings is 1. The van der Waals surface area contributed by atoms with Gasteiger partial charge in [0.1, 0.15) is 0 Å². The number of hydrogen-bond acceptors (Lipinski definition) is 4. The molecule has 1 aliphatic carbocycles. The topological polar surface area (TPSA) is 58.6 Å². The summed E-state index contributed by atoms with van der Waals surface area (Å²) in [6.07, 6.45) is 3.50. The molecule has 5 heteroatoms. The number of thioether (sulfide) groups is 1. The molecule has 0 unspecified atom stereocenters. The van der Waals surface area contributed by atoms with Crippen molar-refractivity contribution in [2.24, 2.45) is 5.92 Å². The largest absolute Gasteiger partial charge is 0.478 e. The number of aromatic carboxylic acids is 1. The summed E-state index contributed by atoms with van der Waals surface area (Å²) in [7, 11) is 0. The van der Waals surface area contributed by atoms with Gasteiger partial charge in [-0.1, -0.05) is 13.0 Å². The Bertz CT molecular complexity index is 475. The van der Waals surface area contributed by atoms with Gasteiger partial charge in [0, 0.05) is 30.3 Å². The number of carboxylic acids is 1. The molecular formula is C16H23NO3S. The highest BCUT2D eigenvalue weighted by molar-refractivity contribution is 7.99. The Kier molecular flexibility index (Phi) is 6.39. The van der Waals surface area contributed by atoms with Crippen molar-refractivity contribution in [2.75, 3.05) is 30.8 Å². The third kappa shape index (κ3) is 5.25. The van der Waals surface area contributed by atoms with Gasteiger partial charge in [0.05, 0.1) is 5.56 Å². The van der Waals surface area contributed by atoms with E-state index in [1.807, 2.05) is 25.1 Å². The van der Waals surface area contributed by atoms with Crippen molar-refractivity contribution in [3.05, 3.63) is 23.8 Å². The van der Waals surface area contributed by atoms with E-state index < -0.39 is 5.97 Å². The van der Waals surface area contributed by atoms with Crippen molar-refractivity contribution in [3.8, 4) is 0 Å². The van der Waals surface area contributed by atoms with Crippen molar-refractivity contribution in [2.45, 2.75) is 31.1 Å². The molecule has 0 bridgehead atoms. The molecule has 0 aliphatic heterocycles. The SMILES string of the molecule is CCSc1cccc(NCCCOCC2CC2)c1C(=O)O. The van der Waals surface area contributed by atoms with Gasteiger partial charge < -0.3 is 15.2 Å². The number of rotatable bonds is 10. The maximum absolute atomic E-state index is 11.5. The Hall–Kier alpha value is -1.20. The van der Waals surface area contributed by atoms with Crippen LogP contribution in [0.2, 0.25) is 0 Å². The number of ether oxygens (including phenoxy) is 1. The minimum atomic E-state index is -0.876. The van der Waals surface area contributed by atoms with E-state index in [9.17, 15) is 9.90 Å². The highest BCUT2D eigenvalue weighted by Gasteiger charge is 2.20. The molecule has 0 aromatic heterocycles. The maximum atomic E-state index is 11.5. The Morgan fingerprint density at radius 1 is 1.48 bits per heavy atom. The van der Waals surface area contributed by atoms with Crippen LogP contribution in [0.15, 0.2) is 23.1 Å². The summed E-state index contributed by atoms with van der Waals surface area (Å²) < 4.78 is 5.58. The Balaban J connectivity index is 1.82. The van der Waals surface area contributed by atoms with Crippen LogP contribution in [0.3, 0.4) is 0 Å². The molecule has 4 nitrogen and oxygen atoms in total. The Morgan fingerprint density at radius 3 is 2.95 bits per heavy atom. The molecule has 1 aliphatic rings. The summed E-state index contributed by atoms with van der Waals surface area (Å²) >= 11 is 1.56. The maximum Gasteiger partial charge on any atom is 0.338 e. The molecule has 21 heavy (non-hydrogen) atoms. The fourth-order valence-corrected chi connectivity index (χ4v) is 2.93. The van der Waals surface area contributed by atoms with Gasteiger partial charge in [0.2, 0.25) is 0 Å². The molecule has 0 atom stereocenters. The van der Waals surface area contributed by atoms with Crippen LogP contribution in [0.25, 0.3) is 0 Å². The second kappa shape index (κ2) is 8.29. The average molecular weight is 309 g/mol. The molecule has 1 aromatic rings. The van der Waals surface area contributed by atoms with Crippen LogP contribution in [-0.2, 0) is 4.74 Å². The van der Waals surface area contributed by atoms with E-state index in [1.54, 1.807) is 11.8 Å². The van der Waals surface area contributed by atoms with Crippen LogP contribution in [0, 0.1) is 5.92 Å². The third-order valence-corrected chi connectivity index (χ3v) is 4.31. The quantitative estimate of drug-likeness (QED) is 0.509. The van der Waals surface area contributed by atoms with Crippen molar-refractivity contribution in [3.63, 3.8) is 0 Å². The fourth-order valence-electron chi connectivity index (χ4n) is 2.11. The van der Waals surface area contributed by atoms with Crippen molar-refractivity contribution >= 4 is 23.4 Å². The lowest BCUT2D eigenvalue weighted by molar-refractivity contribution is 0.0694. The zero-order valence-corrected chi connectivity index (χ0v) is 13.2. The van der Waals surface area contributed by atoms with Gasteiger partial charge in [0.15, 0.2) is 0 Å². The molecule has 0 heterocycles. The van der Waals surface area contributed by atoms with Crippen molar-refractivity contribution in [1.29, 1.82) is 0 Å². The lowest BCUT2D eigenvalue weighted by Crippen LogP contribution is -2.11. The van der Waals surface area contributed by atoms with E-state index in [-0.39, 0.29) is 0 Å². The number of anilines is 1. The van der Waals surface area contributed by atoms with Crippen LogP contribution in [0.1, 0.15) is 36.5 Å². The standard InChI is InChI=1S/C16H23NO3S/c1-2-21-14-6-3-5-13(15(14)16(18)19)17-9-4-10-20-11-12-7-8-12/h3,5-6,12,17H,2,4,7-11H2,1H3,(H,18,19). The van der Waals surface area contributed by atoms with Crippen LogP contribution in [-0.4, -0.2) is 36.6 Å². The molecular weight excluding hydrogens is 286 g/mol. The zero-order valence-electron chi connectivity index (χ0n) is 12.4. The first-order valence-corrected chi connectivity index (χ1v) is 8.51. The van der Waals surface area contributed by atoms with E-state index in [0.717, 1.165) is 42.7 Å². The van der Waals surface area contributed by atoms with Gasteiger partial charge in [-0.25, -0.2) is 4.79 Å². The summed E-state index contributed by atoms with van der Waals surface area (Å²) in [5.41, 5.74) is 1.08. The summed E-state index contributed by atoms with van der Waals surface area (Å²) in [6.45, 7) is 4.36. The van der Waals surface area contributed by atoms with E-state index >= 15 is 0 Å². The fraction of sp³-hybridized carbons (Fsp3) is 0.562.